The Labute approximate surface area is 155 Å². The van der Waals surface area contributed by atoms with Gasteiger partial charge < -0.3 is 14.2 Å². The van der Waals surface area contributed by atoms with Crippen molar-refractivity contribution < 1.29 is 13.2 Å². The largest absolute Gasteiger partial charge is 0.376 e. The number of rotatable bonds is 8. The number of nitrogens with zero attached hydrogens (tertiary/aromatic N) is 3. The van der Waals surface area contributed by atoms with Gasteiger partial charge in [0.05, 0.1) is 24.5 Å². The maximum Gasteiger partial charge on any atom is 0.227 e. The van der Waals surface area contributed by atoms with Gasteiger partial charge in [-0.3, -0.25) is 0 Å². The summed E-state index contributed by atoms with van der Waals surface area (Å²) in [6.07, 6.45) is 5.91. The van der Waals surface area contributed by atoms with E-state index in [1.54, 1.807) is 6.20 Å². The summed E-state index contributed by atoms with van der Waals surface area (Å²) in [5.74, 6) is 0. The van der Waals surface area contributed by atoms with Crippen molar-refractivity contribution in [3.63, 3.8) is 0 Å². The number of hydrogen-bond donors (Lipinski definition) is 0. The smallest absolute Gasteiger partial charge is 0.227 e. The summed E-state index contributed by atoms with van der Waals surface area (Å²) in [5, 5.41) is 0.138. The molecular weight excluding hydrogens is 350 g/mol. The summed E-state index contributed by atoms with van der Waals surface area (Å²) in [4.78, 5) is 6.39. The fourth-order valence-corrected chi connectivity index (χ4v) is 4.16. The molecule has 0 N–H and O–H groups in total. The van der Waals surface area contributed by atoms with Crippen molar-refractivity contribution in [3.05, 3.63) is 47.8 Å². The third-order valence-corrected chi connectivity index (χ3v) is 5.69. The van der Waals surface area contributed by atoms with Crippen LogP contribution in [-0.4, -0.2) is 55.4 Å². The van der Waals surface area contributed by atoms with Gasteiger partial charge in [-0.1, -0.05) is 30.3 Å². The molecule has 1 aliphatic heterocycles. The van der Waals surface area contributed by atoms with E-state index in [-0.39, 0.29) is 11.3 Å². The maximum absolute atomic E-state index is 12.1. The Morgan fingerprint density at radius 2 is 2.08 bits per heavy atom. The van der Waals surface area contributed by atoms with Crippen LogP contribution in [0.25, 0.3) is 0 Å². The monoisotopic (exact) mass is 377 g/mol. The summed E-state index contributed by atoms with van der Waals surface area (Å²) in [5.41, 5.74) is 2.21. The molecule has 7 heteroatoms. The van der Waals surface area contributed by atoms with Crippen LogP contribution in [-0.2, 0) is 34.1 Å². The van der Waals surface area contributed by atoms with Crippen LogP contribution in [0, 0.1) is 0 Å². The third kappa shape index (κ3) is 4.93. The zero-order valence-electron chi connectivity index (χ0n) is 15.5. The van der Waals surface area contributed by atoms with E-state index in [0.717, 1.165) is 38.1 Å². The SMILES string of the molecule is CN(CCc1ccccc1)Cc1cnc(S(C)(=O)=O)n1C[C@@H]1CCCO1. The van der Waals surface area contributed by atoms with Crippen molar-refractivity contribution in [2.75, 3.05) is 26.5 Å². The first-order valence-electron chi connectivity index (χ1n) is 9.02. The van der Waals surface area contributed by atoms with Crippen molar-refractivity contribution >= 4 is 9.84 Å². The van der Waals surface area contributed by atoms with E-state index < -0.39 is 9.84 Å². The predicted molar refractivity (Wildman–Crippen MR) is 101 cm³/mol. The molecule has 142 valence electrons. The minimum Gasteiger partial charge on any atom is -0.376 e. The molecule has 1 atom stereocenters. The zero-order chi connectivity index (χ0) is 18.6. The average Bonchev–Trinajstić information content (AvgIpc) is 3.24. The first kappa shape index (κ1) is 19.1. The molecule has 0 spiro atoms. The average molecular weight is 378 g/mol. The minimum absolute atomic E-state index is 0.0677. The third-order valence-electron chi connectivity index (χ3n) is 4.70. The summed E-state index contributed by atoms with van der Waals surface area (Å²) in [6, 6.07) is 10.4. The summed E-state index contributed by atoms with van der Waals surface area (Å²) >= 11 is 0. The summed E-state index contributed by atoms with van der Waals surface area (Å²) in [6.45, 7) is 2.84. The maximum atomic E-state index is 12.1. The van der Waals surface area contributed by atoms with E-state index in [9.17, 15) is 8.42 Å². The normalized spacial score (nSPS) is 17.9. The van der Waals surface area contributed by atoms with Crippen LogP contribution in [0.15, 0.2) is 41.7 Å². The summed E-state index contributed by atoms with van der Waals surface area (Å²) in [7, 11) is -1.32. The molecular formula is C19H27N3O3S. The first-order chi connectivity index (χ1) is 12.4. The number of benzene rings is 1. The molecule has 3 rings (SSSR count). The van der Waals surface area contributed by atoms with Crippen molar-refractivity contribution in [2.24, 2.45) is 0 Å². The fourth-order valence-electron chi connectivity index (χ4n) is 3.32. The first-order valence-corrected chi connectivity index (χ1v) is 10.9. The lowest BCUT2D eigenvalue weighted by molar-refractivity contribution is 0.0935. The van der Waals surface area contributed by atoms with Gasteiger partial charge in [0.25, 0.3) is 0 Å². The van der Waals surface area contributed by atoms with Crippen molar-refractivity contribution in [1.82, 2.24) is 14.5 Å². The van der Waals surface area contributed by atoms with Crippen LogP contribution in [0.4, 0.5) is 0 Å². The lowest BCUT2D eigenvalue weighted by Crippen LogP contribution is -2.25. The van der Waals surface area contributed by atoms with Gasteiger partial charge in [-0.25, -0.2) is 13.4 Å². The molecule has 2 heterocycles. The Morgan fingerprint density at radius 3 is 2.73 bits per heavy atom. The van der Waals surface area contributed by atoms with Crippen LogP contribution in [0.3, 0.4) is 0 Å². The number of hydrogen-bond acceptors (Lipinski definition) is 5. The van der Waals surface area contributed by atoms with Crippen LogP contribution < -0.4 is 0 Å². The van der Waals surface area contributed by atoms with Crippen LogP contribution in [0.2, 0.25) is 0 Å². The van der Waals surface area contributed by atoms with E-state index in [2.05, 4.69) is 22.0 Å². The second-order valence-electron chi connectivity index (χ2n) is 7.02. The molecule has 0 bridgehead atoms. The van der Waals surface area contributed by atoms with Crippen molar-refractivity contribution in [3.8, 4) is 0 Å². The van der Waals surface area contributed by atoms with Gasteiger partial charge in [0.15, 0.2) is 0 Å². The number of sulfone groups is 1. The highest BCUT2D eigenvalue weighted by molar-refractivity contribution is 7.90. The Kier molecular flexibility index (Phi) is 6.11. The number of imidazole rings is 1. The second kappa shape index (κ2) is 8.33. The fraction of sp³-hybridized carbons (Fsp3) is 0.526. The topological polar surface area (TPSA) is 64.4 Å². The summed E-state index contributed by atoms with van der Waals surface area (Å²) < 4.78 is 31.7. The molecule has 1 aromatic carbocycles. The molecule has 1 aliphatic rings. The molecule has 1 saturated heterocycles. The highest BCUT2D eigenvalue weighted by atomic mass is 32.2. The lowest BCUT2D eigenvalue weighted by atomic mass is 10.1. The molecule has 0 amide bonds. The Bertz CT molecular complexity index is 812. The molecule has 0 unspecified atom stereocenters. The van der Waals surface area contributed by atoms with Gasteiger partial charge in [0.1, 0.15) is 0 Å². The van der Waals surface area contributed by atoms with Gasteiger partial charge in [-0.2, -0.15) is 0 Å². The van der Waals surface area contributed by atoms with E-state index >= 15 is 0 Å². The quantitative estimate of drug-likeness (QED) is 0.705. The number of aromatic nitrogens is 2. The lowest BCUT2D eigenvalue weighted by Gasteiger charge is -2.20. The molecule has 26 heavy (non-hydrogen) atoms. The Morgan fingerprint density at radius 1 is 1.31 bits per heavy atom. The molecule has 0 saturated carbocycles. The second-order valence-corrected chi connectivity index (χ2v) is 8.93. The standard InChI is InChI=1S/C19H27N3O3S/c1-21(11-10-16-7-4-3-5-8-16)14-17-13-20-19(26(2,23)24)22(17)15-18-9-6-12-25-18/h3-5,7-8,13,18H,6,9-12,14-15H2,1-2H3/t18-/m0/s1. The van der Waals surface area contributed by atoms with Gasteiger partial charge in [-0.05, 0) is 31.9 Å². The molecule has 2 aromatic rings. The molecule has 0 radical (unpaired) electrons. The van der Waals surface area contributed by atoms with E-state index in [0.29, 0.717) is 13.1 Å². The van der Waals surface area contributed by atoms with Crippen molar-refractivity contribution in [2.45, 2.75) is 43.6 Å². The number of ether oxygens (including phenoxy) is 1. The predicted octanol–water partition coefficient (Wildman–Crippen LogP) is 2.14. The Balaban J connectivity index is 1.70. The minimum atomic E-state index is -3.37. The number of likely N-dealkylation sites (N-methyl/N-ethyl adjacent to an activating group) is 1. The highest BCUT2D eigenvalue weighted by Crippen LogP contribution is 2.19. The Hall–Kier alpha value is -1.70. The van der Waals surface area contributed by atoms with Gasteiger partial charge in [-0.15, -0.1) is 0 Å². The van der Waals surface area contributed by atoms with Gasteiger partial charge in [0.2, 0.25) is 15.0 Å². The zero-order valence-corrected chi connectivity index (χ0v) is 16.3. The van der Waals surface area contributed by atoms with Gasteiger partial charge >= 0.3 is 0 Å². The molecule has 6 nitrogen and oxygen atoms in total. The van der Waals surface area contributed by atoms with Crippen LogP contribution >= 0.6 is 0 Å². The highest BCUT2D eigenvalue weighted by Gasteiger charge is 2.24. The molecule has 1 fully saturated rings. The van der Waals surface area contributed by atoms with E-state index in [1.807, 2.05) is 29.8 Å². The van der Waals surface area contributed by atoms with Crippen molar-refractivity contribution in [1.29, 1.82) is 0 Å². The van der Waals surface area contributed by atoms with E-state index in [4.69, 9.17) is 4.74 Å². The van der Waals surface area contributed by atoms with Gasteiger partial charge in [0, 0.05) is 26.0 Å². The molecule has 0 aliphatic carbocycles. The van der Waals surface area contributed by atoms with Crippen LogP contribution in [0.5, 0.6) is 0 Å². The van der Waals surface area contributed by atoms with E-state index in [1.165, 1.54) is 11.8 Å². The molecule has 1 aromatic heterocycles. The van der Waals surface area contributed by atoms with Crippen LogP contribution in [0.1, 0.15) is 24.1 Å².